The molecule has 4 nitrogen and oxygen atoms in total. The molecule has 0 saturated carbocycles. The largest absolute Gasteiger partial charge is 0.496 e. The lowest BCUT2D eigenvalue weighted by atomic mass is 10.1. The van der Waals surface area contributed by atoms with Crippen molar-refractivity contribution in [3.05, 3.63) is 51.7 Å². The normalized spacial score (nSPS) is 15.7. The zero-order chi connectivity index (χ0) is 16.2. The quantitative estimate of drug-likeness (QED) is 0.916. The van der Waals surface area contributed by atoms with Gasteiger partial charge >= 0.3 is 0 Å². The Bertz CT molecular complexity index is 683. The van der Waals surface area contributed by atoms with Crippen LogP contribution in [0.15, 0.2) is 35.7 Å². The lowest BCUT2D eigenvalue weighted by molar-refractivity contribution is -0.126. The number of rotatable bonds is 5. The van der Waals surface area contributed by atoms with Crippen LogP contribution in [0.5, 0.6) is 5.75 Å². The second kappa shape index (κ2) is 7.15. The van der Waals surface area contributed by atoms with Gasteiger partial charge in [0.05, 0.1) is 13.2 Å². The van der Waals surface area contributed by atoms with Crippen LogP contribution >= 0.6 is 11.3 Å². The van der Waals surface area contributed by atoms with Crippen LogP contribution < -0.4 is 10.1 Å². The van der Waals surface area contributed by atoms with E-state index in [2.05, 4.69) is 21.7 Å². The van der Waals surface area contributed by atoms with Crippen molar-refractivity contribution >= 4 is 17.2 Å². The lowest BCUT2D eigenvalue weighted by Gasteiger charge is -2.31. The molecule has 1 aliphatic rings. The number of nitrogens with zero attached hydrogens (tertiary/aromatic N) is 1. The first-order valence-electron chi connectivity index (χ1n) is 7.88. The van der Waals surface area contributed by atoms with E-state index in [0.717, 1.165) is 30.8 Å². The fraction of sp³-hybridized carbons (Fsp3) is 0.389. The number of methoxy groups -OCH3 is 1. The van der Waals surface area contributed by atoms with Crippen LogP contribution in [0.25, 0.3) is 0 Å². The van der Waals surface area contributed by atoms with E-state index in [1.807, 2.05) is 42.5 Å². The van der Waals surface area contributed by atoms with Crippen molar-refractivity contribution in [1.29, 1.82) is 0 Å². The van der Waals surface area contributed by atoms with Crippen LogP contribution in [-0.4, -0.2) is 30.5 Å². The number of carbonyl (C=O) groups excluding carboxylic acids is 1. The van der Waals surface area contributed by atoms with Crippen molar-refractivity contribution in [2.75, 3.05) is 13.7 Å². The molecule has 0 saturated heterocycles. The molecule has 0 aliphatic carbocycles. The zero-order valence-corrected chi connectivity index (χ0v) is 14.4. The zero-order valence-electron chi connectivity index (χ0n) is 13.5. The van der Waals surface area contributed by atoms with Gasteiger partial charge in [0.25, 0.3) is 0 Å². The predicted octanol–water partition coefficient (Wildman–Crippen LogP) is 2.82. The summed E-state index contributed by atoms with van der Waals surface area (Å²) in [5.74, 6) is 0.871. The highest BCUT2D eigenvalue weighted by molar-refractivity contribution is 7.10. The van der Waals surface area contributed by atoms with Crippen LogP contribution in [-0.2, 0) is 24.3 Å². The van der Waals surface area contributed by atoms with E-state index in [1.165, 1.54) is 10.4 Å². The van der Waals surface area contributed by atoms with E-state index in [1.54, 1.807) is 7.11 Å². The van der Waals surface area contributed by atoms with E-state index < -0.39 is 0 Å². The second-order valence-corrected chi connectivity index (χ2v) is 6.80. The van der Waals surface area contributed by atoms with Crippen molar-refractivity contribution in [2.24, 2.45) is 0 Å². The number of fused-ring (bicyclic) bond motifs is 1. The number of nitrogens with one attached hydrogen (secondary N) is 1. The molecule has 1 N–H and O–H groups in total. The van der Waals surface area contributed by atoms with E-state index in [0.29, 0.717) is 6.54 Å². The number of ether oxygens (including phenoxy) is 1. The number of amides is 1. The van der Waals surface area contributed by atoms with E-state index in [-0.39, 0.29) is 11.9 Å². The Hall–Kier alpha value is -1.85. The molecule has 0 spiro atoms. The van der Waals surface area contributed by atoms with Crippen LogP contribution in [0.2, 0.25) is 0 Å². The summed E-state index contributed by atoms with van der Waals surface area (Å²) >= 11 is 1.82. The van der Waals surface area contributed by atoms with Crippen molar-refractivity contribution in [3.63, 3.8) is 0 Å². The number of benzene rings is 1. The summed E-state index contributed by atoms with van der Waals surface area (Å²) in [5.41, 5.74) is 2.36. The molecule has 1 aromatic heterocycles. The van der Waals surface area contributed by atoms with Gasteiger partial charge in [-0.3, -0.25) is 9.69 Å². The number of hydrogen-bond acceptors (Lipinski definition) is 4. The lowest BCUT2D eigenvalue weighted by Crippen LogP contribution is -2.46. The van der Waals surface area contributed by atoms with Gasteiger partial charge < -0.3 is 10.1 Å². The van der Waals surface area contributed by atoms with Gasteiger partial charge in [0, 0.05) is 30.1 Å². The maximum Gasteiger partial charge on any atom is 0.237 e. The fourth-order valence-corrected chi connectivity index (χ4v) is 3.84. The average molecular weight is 330 g/mol. The fourth-order valence-electron chi connectivity index (χ4n) is 2.95. The summed E-state index contributed by atoms with van der Waals surface area (Å²) in [4.78, 5) is 16.2. The predicted molar refractivity (Wildman–Crippen MR) is 92.7 cm³/mol. The maximum atomic E-state index is 12.5. The van der Waals surface area contributed by atoms with Gasteiger partial charge in [0.1, 0.15) is 5.75 Å². The Morgan fingerprint density at radius 3 is 3.04 bits per heavy atom. The summed E-state index contributed by atoms with van der Waals surface area (Å²) in [7, 11) is 1.65. The minimum absolute atomic E-state index is 0.0644. The summed E-state index contributed by atoms with van der Waals surface area (Å²) in [5, 5.41) is 5.17. The number of para-hydroxylation sites is 1. The molecule has 23 heavy (non-hydrogen) atoms. The topological polar surface area (TPSA) is 41.6 Å². The maximum absolute atomic E-state index is 12.5. The molecule has 2 heterocycles. The highest BCUT2D eigenvalue weighted by Crippen LogP contribution is 2.25. The monoisotopic (exact) mass is 330 g/mol. The van der Waals surface area contributed by atoms with Crippen molar-refractivity contribution in [3.8, 4) is 5.75 Å². The third-order valence-electron chi connectivity index (χ3n) is 4.41. The summed E-state index contributed by atoms with van der Waals surface area (Å²) in [6, 6.07) is 9.81. The second-order valence-electron chi connectivity index (χ2n) is 5.80. The third-order valence-corrected chi connectivity index (χ3v) is 5.43. The molecule has 0 radical (unpaired) electrons. The minimum Gasteiger partial charge on any atom is -0.496 e. The van der Waals surface area contributed by atoms with Gasteiger partial charge in [-0.2, -0.15) is 0 Å². The average Bonchev–Trinajstić information content (AvgIpc) is 3.06. The van der Waals surface area contributed by atoms with E-state index in [4.69, 9.17) is 4.74 Å². The van der Waals surface area contributed by atoms with Gasteiger partial charge in [-0.1, -0.05) is 18.2 Å². The summed E-state index contributed by atoms with van der Waals surface area (Å²) in [6.45, 7) is 4.28. The van der Waals surface area contributed by atoms with E-state index in [9.17, 15) is 4.79 Å². The van der Waals surface area contributed by atoms with Crippen LogP contribution in [0.4, 0.5) is 0 Å². The highest BCUT2D eigenvalue weighted by atomic mass is 32.1. The number of carbonyl (C=O) groups is 1. The standard InChI is InChI=1S/C18H22N2O2S/c1-13(20-9-7-17-15(12-20)8-10-23-17)18(21)19-11-14-5-3-4-6-16(14)22-2/h3-6,8,10,13H,7,9,11-12H2,1-2H3,(H,19,21)/t13-/m0/s1. The molecule has 1 aromatic carbocycles. The molecule has 0 unspecified atom stereocenters. The molecular weight excluding hydrogens is 308 g/mol. The van der Waals surface area contributed by atoms with E-state index >= 15 is 0 Å². The van der Waals surface area contributed by atoms with Crippen LogP contribution in [0, 0.1) is 0 Å². The Morgan fingerprint density at radius 1 is 1.39 bits per heavy atom. The minimum atomic E-state index is -0.127. The molecule has 0 fully saturated rings. The van der Waals surface area contributed by atoms with Gasteiger partial charge in [0.2, 0.25) is 5.91 Å². The van der Waals surface area contributed by atoms with Gasteiger partial charge in [-0.05, 0) is 36.4 Å². The smallest absolute Gasteiger partial charge is 0.237 e. The molecular formula is C18H22N2O2S. The van der Waals surface area contributed by atoms with Gasteiger partial charge in [-0.25, -0.2) is 0 Å². The third kappa shape index (κ3) is 3.57. The number of thiophene rings is 1. The molecule has 1 aliphatic heterocycles. The first kappa shape index (κ1) is 16.0. The SMILES string of the molecule is COc1ccccc1CNC(=O)[C@H](C)N1CCc2sccc2C1. The highest BCUT2D eigenvalue weighted by Gasteiger charge is 2.25. The molecule has 2 aromatic rings. The Labute approximate surface area is 141 Å². The number of hydrogen-bond donors (Lipinski definition) is 1. The first-order chi connectivity index (χ1) is 11.2. The Kier molecular flexibility index (Phi) is 4.98. The van der Waals surface area contributed by atoms with Crippen molar-refractivity contribution < 1.29 is 9.53 Å². The molecule has 1 atom stereocenters. The molecule has 122 valence electrons. The first-order valence-corrected chi connectivity index (χ1v) is 8.76. The van der Waals surface area contributed by atoms with Crippen molar-refractivity contribution in [1.82, 2.24) is 10.2 Å². The summed E-state index contributed by atoms with van der Waals surface area (Å²) < 4.78 is 5.32. The molecule has 5 heteroatoms. The Balaban J connectivity index is 1.58. The van der Waals surface area contributed by atoms with Crippen LogP contribution in [0.3, 0.4) is 0 Å². The van der Waals surface area contributed by atoms with Crippen molar-refractivity contribution in [2.45, 2.75) is 32.5 Å². The Morgan fingerprint density at radius 2 is 2.22 bits per heavy atom. The molecule has 1 amide bonds. The van der Waals surface area contributed by atoms with Gasteiger partial charge in [0.15, 0.2) is 0 Å². The molecule has 0 bridgehead atoms. The summed E-state index contributed by atoms with van der Waals surface area (Å²) in [6.07, 6.45) is 1.04. The molecule has 3 rings (SSSR count). The van der Waals surface area contributed by atoms with Gasteiger partial charge in [-0.15, -0.1) is 11.3 Å². The van der Waals surface area contributed by atoms with Crippen LogP contribution in [0.1, 0.15) is 22.9 Å².